The van der Waals surface area contributed by atoms with Gasteiger partial charge in [0.05, 0.1) is 6.61 Å². The predicted molar refractivity (Wildman–Crippen MR) is 118 cm³/mol. The first-order chi connectivity index (χ1) is 14.2. The maximum atomic E-state index is 12.3. The van der Waals surface area contributed by atoms with Crippen LogP contribution in [0.4, 0.5) is 4.79 Å². The number of ether oxygens (including phenoxy) is 2. The Hall–Kier alpha value is -1.52. The summed E-state index contributed by atoms with van der Waals surface area (Å²) < 4.78 is 10.4. The lowest BCUT2D eigenvalue weighted by atomic mass is 10.0. The highest BCUT2D eigenvalue weighted by Gasteiger charge is 2.36. The molecule has 0 unspecified atom stereocenters. The Bertz CT molecular complexity index is 452. The van der Waals surface area contributed by atoms with E-state index in [1.165, 1.54) is 81.6 Å². The summed E-state index contributed by atoms with van der Waals surface area (Å²) >= 11 is 0. The summed E-state index contributed by atoms with van der Waals surface area (Å²) in [5, 5.41) is 0. The van der Waals surface area contributed by atoms with E-state index in [-0.39, 0.29) is 12.6 Å². The maximum absolute atomic E-state index is 12.3. The van der Waals surface area contributed by atoms with Crippen molar-refractivity contribution in [3.05, 3.63) is 12.7 Å². The summed E-state index contributed by atoms with van der Waals surface area (Å²) in [6.07, 6.45) is 19.3. The highest BCUT2D eigenvalue weighted by atomic mass is 16.6. The highest BCUT2D eigenvalue weighted by molar-refractivity contribution is 5.82. The number of carbonyl (C=O) groups is 2. The van der Waals surface area contributed by atoms with Crippen molar-refractivity contribution in [3.8, 4) is 0 Å². The van der Waals surface area contributed by atoms with Crippen molar-refractivity contribution in [2.24, 2.45) is 0 Å². The van der Waals surface area contributed by atoms with E-state index in [0.717, 1.165) is 19.3 Å². The van der Waals surface area contributed by atoms with Gasteiger partial charge in [0.1, 0.15) is 12.6 Å². The Labute approximate surface area is 178 Å². The molecular formula is C24H43NO4. The van der Waals surface area contributed by atoms with E-state index in [9.17, 15) is 9.59 Å². The molecule has 0 saturated carbocycles. The molecule has 1 aliphatic rings. The molecule has 0 aliphatic carbocycles. The monoisotopic (exact) mass is 409 g/mol. The third kappa shape index (κ3) is 11.9. The van der Waals surface area contributed by atoms with Crippen LogP contribution in [0, 0.1) is 0 Å². The Morgan fingerprint density at radius 3 is 2.00 bits per heavy atom. The van der Waals surface area contributed by atoms with Crippen LogP contribution in [-0.2, 0) is 14.3 Å². The lowest BCUT2D eigenvalue weighted by molar-refractivity contribution is -0.148. The molecule has 1 fully saturated rings. The first-order valence-corrected chi connectivity index (χ1v) is 11.9. The number of hydrogen-bond donors (Lipinski definition) is 0. The van der Waals surface area contributed by atoms with Crippen molar-refractivity contribution >= 4 is 12.1 Å². The molecule has 1 saturated heterocycles. The van der Waals surface area contributed by atoms with Crippen LogP contribution in [0.5, 0.6) is 0 Å². The van der Waals surface area contributed by atoms with Gasteiger partial charge < -0.3 is 9.47 Å². The zero-order valence-electron chi connectivity index (χ0n) is 18.7. The lowest BCUT2D eigenvalue weighted by Gasteiger charge is -2.22. The van der Waals surface area contributed by atoms with Gasteiger partial charge in [-0.25, -0.2) is 9.59 Å². The van der Waals surface area contributed by atoms with Gasteiger partial charge in [-0.15, -0.1) is 0 Å². The maximum Gasteiger partial charge on any atom is 0.410 e. The van der Waals surface area contributed by atoms with Gasteiger partial charge in [0.2, 0.25) is 0 Å². The molecule has 0 N–H and O–H groups in total. The van der Waals surface area contributed by atoms with Gasteiger partial charge in [-0.05, 0) is 19.3 Å². The summed E-state index contributed by atoms with van der Waals surface area (Å²) in [7, 11) is 0. The minimum atomic E-state index is -0.491. The Kier molecular flexibility index (Phi) is 15.3. The second-order valence-corrected chi connectivity index (χ2v) is 8.13. The van der Waals surface area contributed by atoms with Gasteiger partial charge in [-0.3, -0.25) is 4.90 Å². The van der Waals surface area contributed by atoms with Crippen molar-refractivity contribution in [2.75, 3.05) is 19.8 Å². The van der Waals surface area contributed by atoms with E-state index >= 15 is 0 Å². The molecule has 1 heterocycles. The molecule has 1 amide bonds. The molecule has 0 bridgehead atoms. The van der Waals surface area contributed by atoms with Crippen LogP contribution in [0.25, 0.3) is 0 Å². The number of hydrogen-bond acceptors (Lipinski definition) is 4. The van der Waals surface area contributed by atoms with Gasteiger partial charge in [0.15, 0.2) is 0 Å². The van der Waals surface area contributed by atoms with Crippen LogP contribution in [0.3, 0.4) is 0 Å². The fourth-order valence-corrected chi connectivity index (χ4v) is 3.83. The highest BCUT2D eigenvalue weighted by Crippen LogP contribution is 2.20. The molecular weight excluding hydrogens is 366 g/mol. The second-order valence-electron chi connectivity index (χ2n) is 8.13. The zero-order chi connectivity index (χ0) is 21.2. The minimum Gasteiger partial charge on any atom is -0.464 e. The standard InChI is InChI=1S/C24H43NO4/c1-3-5-6-7-8-9-10-11-12-13-14-15-16-21-28-23(26)22-18-17-19-25(22)24(27)29-20-4-2/h4,22H,2-3,5-21H2,1H3/t22-/m0/s1. The summed E-state index contributed by atoms with van der Waals surface area (Å²) in [5.41, 5.74) is 0. The van der Waals surface area contributed by atoms with Crippen LogP contribution in [0.15, 0.2) is 12.7 Å². The average molecular weight is 410 g/mol. The van der Waals surface area contributed by atoms with Gasteiger partial charge >= 0.3 is 12.1 Å². The van der Waals surface area contributed by atoms with E-state index in [4.69, 9.17) is 9.47 Å². The zero-order valence-corrected chi connectivity index (χ0v) is 18.7. The summed E-state index contributed by atoms with van der Waals surface area (Å²) in [5.74, 6) is -0.294. The van der Waals surface area contributed by atoms with Crippen molar-refractivity contribution < 1.29 is 19.1 Å². The summed E-state index contributed by atoms with van der Waals surface area (Å²) in [4.78, 5) is 25.7. The smallest absolute Gasteiger partial charge is 0.410 e. The van der Waals surface area contributed by atoms with Crippen LogP contribution in [0.2, 0.25) is 0 Å². The topological polar surface area (TPSA) is 55.8 Å². The van der Waals surface area contributed by atoms with Crippen LogP contribution >= 0.6 is 0 Å². The number of nitrogens with zero attached hydrogens (tertiary/aromatic N) is 1. The third-order valence-corrected chi connectivity index (χ3v) is 5.58. The molecule has 0 aromatic heterocycles. The Morgan fingerprint density at radius 1 is 0.897 bits per heavy atom. The number of esters is 1. The van der Waals surface area contributed by atoms with Crippen molar-refractivity contribution in [2.45, 2.75) is 109 Å². The molecule has 5 heteroatoms. The average Bonchev–Trinajstić information content (AvgIpc) is 3.22. The molecule has 1 rings (SSSR count). The number of carbonyl (C=O) groups excluding carboxylic acids is 2. The minimum absolute atomic E-state index is 0.163. The number of rotatable bonds is 17. The van der Waals surface area contributed by atoms with Crippen LogP contribution in [-0.4, -0.2) is 42.8 Å². The normalized spacial score (nSPS) is 16.0. The van der Waals surface area contributed by atoms with Crippen molar-refractivity contribution in [1.82, 2.24) is 4.90 Å². The Balaban J connectivity index is 1.96. The van der Waals surface area contributed by atoms with E-state index < -0.39 is 12.1 Å². The first kappa shape index (κ1) is 25.5. The quantitative estimate of drug-likeness (QED) is 0.158. The van der Waals surface area contributed by atoms with E-state index in [1.54, 1.807) is 0 Å². The van der Waals surface area contributed by atoms with E-state index in [1.807, 2.05) is 0 Å². The number of amides is 1. The predicted octanol–water partition coefficient (Wildman–Crippen LogP) is 6.41. The lowest BCUT2D eigenvalue weighted by Crippen LogP contribution is -2.41. The first-order valence-electron chi connectivity index (χ1n) is 11.9. The van der Waals surface area contributed by atoms with Gasteiger partial charge in [0, 0.05) is 6.54 Å². The summed E-state index contributed by atoms with van der Waals surface area (Å²) in [6.45, 7) is 6.95. The second kappa shape index (κ2) is 17.3. The van der Waals surface area contributed by atoms with E-state index in [0.29, 0.717) is 19.6 Å². The summed E-state index contributed by atoms with van der Waals surface area (Å²) in [6, 6.07) is -0.491. The molecule has 168 valence electrons. The van der Waals surface area contributed by atoms with Gasteiger partial charge in [-0.2, -0.15) is 0 Å². The molecule has 1 atom stereocenters. The molecule has 29 heavy (non-hydrogen) atoms. The molecule has 0 radical (unpaired) electrons. The molecule has 0 aromatic rings. The van der Waals surface area contributed by atoms with Crippen LogP contribution in [0.1, 0.15) is 103 Å². The largest absolute Gasteiger partial charge is 0.464 e. The van der Waals surface area contributed by atoms with Gasteiger partial charge in [-0.1, -0.05) is 96.6 Å². The molecule has 0 aromatic carbocycles. The van der Waals surface area contributed by atoms with Crippen LogP contribution < -0.4 is 0 Å². The van der Waals surface area contributed by atoms with Crippen molar-refractivity contribution in [1.29, 1.82) is 0 Å². The molecule has 1 aliphatic heterocycles. The van der Waals surface area contributed by atoms with Gasteiger partial charge in [0.25, 0.3) is 0 Å². The molecule has 5 nitrogen and oxygen atoms in total. The number of unbranched alkanes of at least 4 members (excludes halogenated alkanes) is 12. The van der Waals surface area contributed by atoms with Crippen molar-refractivity contribution in [3.63, 3.8) is 0 Å². The fraction of sp³-hybridized carbons (Fsp3) is 0.833. The number of likely N-dealkylation sites (tertiary alicyclic amines) is 1. The Morgan fingerprint density at radius 2 is 1.45 bits per heavy atom. The molecule has 0 spiro atoms. The SMILES string of the molecule is C=CCOC(=O)N1CCC[C@H]1C(=O)OCCCCCCCCCCCCCCC. The third-order valence-electron chi connectivity index (χ3n) is 5.58. The van der Waals surface area contributed by atoms with E-state index in [2.05, 4.69) is 13.5 Å². The fourth-order valence-electron chi connectivity index (χ4n) is 3.83.